The maximum atomic E-state index is 12.3. The number of carbonyl (C=O) groups excluding carboxylic acids is 1. The lowest BCUT2D eigenvalue weighted by Gasteiger charge is -2.40. The lowest BCUT2D eigenvalue weighted by molar-refractivity contribution is -0.142. The van der Waals surface area contributed by atoms with Crippen molar-refractivity contribution in [1.82, 2.24) is 4.90 Å². The van der Waals surface area contributed by atoms with Gasteiger partial charge in [-0.3, -0.25) is 4.79 Å². The Morgan fingerprint density at radius 1 is 1.50 bits per heavy atom. The van der Waals surface area contributed by atoms with Crippen molar-refractivity contribution in [2.75, 3.05) is 20.2 Å². The number of halogens is 1. The van der Waals surface area contributed by atoms with E-state index in [1.807, 2.05) is 4.90 Å². The molecule has 4 heteroatoms. The summed E-state index contributed by atoms with van der Waals surface area (Å²) in [6.45, 7) is 8.44. The van der Waals surface area contributed by atoms with Crippen molar-refractivity contribution < 1.29 is 13.9 Å². The highest BCUT2D eigenvalue weighted by molar-refractivity contribution is 5.69. The van der Waals surface area contributed by atoms with Crippen LogP contribution in [0.5, 0.6) is 0 Å². The van der Waals surface area contributed by atoms with Gasteiger partial charge in [-0.1, -0.05) is 13.2 Å². The summed E-state index contributed by atoms with van der Waals surface area (Å²) in [5.41, 5.74) is 0.736. The zero-order valence-electron chi connectivity index (χ0n) is 9.41. The number of esters is 1. The number of rotatable bonds is 5. The van der Waals surface area contributed by atoms with Gasteiger partial charge in [0.05, 0.1) is 13.5 Å². The van der Waals surface area contributed by atoms with Crippen molar-refractivity contribution in [2.24, 2.45) is 5.92 Å². The Morgan fingerprint density at radius 2 is 2.12 bits per heavy atom. The molecule has 0 aliphatic carbocycles. The SMILES string of the molecule is C=C(F)/C=C\C(=C)N1CC(CC(=O)OC)C1. The van der Waals surface area contributed by atoms with Gasteiger partial charge in [0, 0.05) is 24.7 Å². The lowest BCUT2D eigenvalue weighted by Crippen LogP contribution is -2.46. The highest BCUT2D eigenvalue weighted by Crippen LogP contribution is 2.23. The molecule has 0 aromatic carbocycles. The normalized spacial score (nSPS) is 16.0. The molecular formula is C12H16FNO2. The third-order valence-electron chi connectivity index (χ3n) is 2.50. The molecule has 0 aromatic rings. The molecule has 1 fully saturated rings. The fourth-order valence-corrected chi connectivity index (χ4v) is 1.54. The van der Waals surface area contributed by atoms with Crippen molar-refractivity contribution in [3.63, 3.8) is 0 Å². The summed E-state index contributed by atoms with van der Waals surface area (Å²) in [6, 6.07) is 0. The Kier molecular flexibility index (Phi) is 4.28. The van der Waals surface area contributed by atoms with Gasteiger partial charge < -0.3 is 9.64 Å². The third kappa shape index (κ3) is 3.53. The molecule has 1 rings (SSSR count). The van der Waals surface area contributed by atoms with Crippen LogP contribution < -0.4 is 0 Å². The number of hydrogen-bond donors (Lipinski definition) is 0. The molecule has 0 unspecified atom stereocenters. The van der Waals surface area contributed by atoms with Crippen LogP contribution in [0, 0.1) is 5.92 Å². The Labute approximate surface area is 94.9 Å². The second kappa shape index (κ2) is 5.49. The van der Waals surface area contributed by atoms with E-state index in [2.05, 4.69) is 17.9 Å². The van der Waals surface area contributed by atoms with Crippen LogP contribution in [0.3, 0.4) is 0 Å². The molecule has 1 aliphatic heterocycles. The third-order valence-corrected chi connectivity index (χ3v) is 2.50. The Morgan fingerprint density at radius 3 is 2.62 bits per heavy atom. The van der Waals surface area contributed by atoms with Gasteiger partial charge in [-0.15, -0.1) is 0 Å². The number of nitrogens with zero attached hydrogens (tertiary/aromatic N) is 1. The quantitative estimate of drug-likeness (QED) is 0.529. The largest absolute Gasteiger partial charge is 0.469 e. The molecule has 0 saturated carbocycles. The maximum absolute atomic E-state index is 12.3. The van der Waals surface area contributed by atoms with Crippen LogP contribution in [0.4, 0.5) is 4.39 Å². The van der Waals surface area contributed by atoms with E-state index >= 15 is 0 Å². The molecule has 3 nitrogen and oxygen atoms in total. The first kappa shape index (κ1) is 12.5. The average Bonchev–Trinajstić information content (AvgIpc) is 2.18. The van der Waals surface area contributed by atoms with Gasteiger partial charge in [-0.25, -0.2) is 4.39 Å². The van der Waals surface area contributed by atoms with Crippen LogP contribution in [0.1, 0.15) is 6.42 Å². The van der Waals surface area contributed by atoms with E-state index in [4.69, 9.17) is 0 Å². The second-order valence-corrected chi connectivity index (χ2v) is 3.82. The molecule has 1 saturated heterocycles. The van der Waals surface area contributed by atoms with E-state index in [9.17, 15) is 9.18 Å². The van der Waals surface area contributed by atoms with Crippen LogP contribution in [-0.4, -0.2) is 31.1 Å². The summed E-state index contributed by atoms with van der Waals surface area (Å²) < 4.78 is 16.9. The smallest absolute Gasteiger partial charge is 0.305 e. The number of carbonyl (C=O) groups is 1. The lowest BCUT2D eigenvalue weighted by atomic mass is 9.96. The van der Waals surface area contributed by atoms with Crippen molar-refractivity contribution in [1.29, 1.82) is 0 Å². The fourth-order valence-electron chi connectivity index (χ4n) is 1.54. The Bertz CT molecular complexity index is 330. The van der Waals surface area contributed by atoms with E-state index in [1.54, 1.807) is 6.08 Å². The Balaban J connectivity index is 2.28. The summed E-state index contributed by atoms with van der Waals surface area (Å²) in [7, 11) is 1.38. The summed E-state index contributed by atoms with van der Waals surface area (Å²) in [5, 5.41) is 0. The standard InChI is InChI=1S/C12H16FNO2/c1-9(13)4-5-10(2)14-7-11(8-14)6-12(15)16-3/h4-5,11H,1-2,6-8H2,3H3/b5-4-. The average molecular weight is 225 g/mol. The number of methoxy groups -OCH3 is 1. The topological polar surface area (TPSA) is 29.5 Å². The van der Waals surface area contributed by atoms with E-state index in [0.717, 1.165) is 18.8 Å². The molecule has 0 spiro atoms. The highest BCUT2D eigenvalue weighted by atomic mass is 19.1. The van der Waals surface area contributed by atoms with Crippen LogP contribution in [0.25, 0.3) is 0 Å². The minimum absolute atomic E-state index is 0.192. The minimum Gasteiger partial charge on any atom is -0.469 e. The first-order chi connectivity index (χ1) is 7.52. The maximum Gasteiger partial charge on any atom is 0.305 e. The van der Waals surface area contributed by atoms with Crippen LogP contribution in [-0.2, 0) is 9.53 Å². The first-order valence-corrected chi connectivity index (χ1v) is 5.06. The van der Waals surface area contributed by atoms with Gasteiger partial charge in [0.25, 0.3) is 0 Å². The molecule has 1 aliphatic rings. The number of allylic oxidation sites excluding steroid dienone is 3. The van der Waals surface area contributed by atoms with Gasteiger partial charge in [0.2, 0.25) is 0 Å². The molecule has 0 aromatic heterocycles. The molecule has 0 atom stereocenters. The Hall–Kier alpha value is -1.58. The van der Waals surface area contributed by atoms with E-state index in [1.165, 1.54) is 13.2 Å². The molecular weight excluding hydrogens is 209 g/mol. The van der Waals surface area contributed by atoms with Gasteiger partial charge in [-0.2, -0.15) is 0 Å². The molecule has 0 amide bonds. The number of ether oxygens (including phenoxy) is 1. The molecule has 0 bridgehead atoms. The molecule has 0 N–H and O–H groups in total. The number of likely N-dealkylation sites (tertiary alicyclic amines) is 1. The van der Waals surface area contributed by atoms with Crippen molar-refractivity contribution in [3.05, 3.63) is 36.8 Å². The van der Waals surface area contributed by atoms with E-state index in [-0.39, 0.29) is 5.97 Å². The van der Waals surface area contributed by atoms with Gasteiger partial charge in [-0.05, 0) is 12.2 Å². The van der Waals surface area contributed by atoms with Crippen molar-refractivity contribution >= 4 is 5.97 Å². The summed E-state index contributed by atoms with van der Waals surface area (Å²) in [4.78, 5) is 12.9. The van der Waals surface area contributed by atoms with E-state index < -0.39 is 5.83 Å². The number of hydrogen-bond acceptors (Lipinski definition) is 3. The summed E-state index contributed by atoms with van der Waals surface area (Å²) in [5.74, 6) is -0.373. The van der Waals surface area contributed by atoms with Gasteiger partial charge >= 0.3 is 5.97 Å². The zero-order valence-corrected chi connectivity index (χ0v) is 9.41. The second-order valence-electron chi connectivity index (χ2n) is 3.82. The summed E-state index contributed by atoms with van der Waals surface area (Å²) in [6.07, 6.45) is 3.28. The van der Waals surface area contributed by atoms with Crippen LogP contribution in [0.2, 0.25) is 0 Å². The molecule has 88 valence electrons. The predicted molar refractivity (Wildman–Crippen MR) is 60.2 cm³/mol. The van der Waals surface area contributed by atoms with Gasteiger partial charge in [0.15, 0.2) is 0 Å². The molecule has 16 heavy (non-hydrogen) atoms. The fraction of sp³-hybridized carbons (Fsp3) is 0.417. The van der Waals surface area contributed by atoms with Crippen LogP contribution in [0.15, 0.2) is 36.8 Å². The van der Waals surface area contributed by atoms with Gasteiger partial charge in [0.1, 0.15) is 5.83 Å². The first-order valence-electron chi connectivity index (χ1n) is 5.06. The molecule has 1 heterocycles. The summed E-state index contributed by atoms with van der Waals surface area (Å²) >= 11 is 0. The van der Waals surface area contributed by atoms with Crippen molar-refractivity contribution in [3.8, 4) is 0 Å². The van der Waals surface area contributed by atoms with Crippen molar-refractivity contribution in [2.45, 2.75) is 6.42 Å². The minimum atomic E-state index is -0.493. The highest BCUT2D eigenvalue weighted by Gasteiger charge is 2.28. The predicted octanol–water partition coefficient (Wildman–Crippen LogP) is 2.03. The molecule has 0 radical (unpaired) electrons. The van der Waals surface area contributed by atoms with E-state index in [0.29, 0.717) is 12.3 Å². The monoisotopic (exact) mass is 225 g/mol. The zero-order chi connectivity index (χ0) is 12.1. The van der Waals surface area contributed by atoms with Crippen LogP contribution >= 0.6 is 0 Å².